The maximum Gasteiger partial charge on any atom is 0.338 e. The van der Waals surface area contributed by atoms with E-state index in [9.17, 15) is 15.0 Å². The maximum absolute atomic E-state index is 12.6. The van der Waals surface area contributed by atoms with Gasteiger partial charge >= 0.3 is 5.97 Å². The molecule has 0 spiro atoms. The molecule has 0 saturated carbocycles. The Morgan fingerprint density at radius 3 is 2.84 bits per heavy atom. The lowest BCUT2D eigenvalue weighted by atomic mass is 9.95. The lowest BCUT2D eigenvalue weighted by molar-refractivity contribution is -0.139. The fourth-order valence-electron chi connectivity index (χ4n) is 2.74. The van der Waals surface area contributed by atoms with Crippen LogP contribution in [0.25, 0.3) is 0 Å². The molecule has 9 nitrogen and oxygen atoms in total. The molecule has 0 amide bonds. The molecule has 1 aromatic carbocycles. The Labute approximate surface area is 143 Å². The van der Waals surface area contributed by atoms with Crippen LogP contribution in [0.2, 0.25) is 0 Å². The van der Waals surface area contributed by atoms with Crippen molar-refractivity contribution in [3.8, 4) is 11.5 Å². The first kappa shape index (κ1) is 16.8. The van der Waals surface area contributed by atoms with E-state index in [0.29, 0.717) is 22.8 Å². The first-order valence-corrected chi connectivity index (χ1v) is 7.64. The quantitative estimate of drug-likeness (QED) is 0.545. The van der Waals surface area contributed by atoms with Gasteiger partial charge in [-0.05, 0) is 24.6 Å². The molecule has 0 fully saturated rings. The molecule has 2 heterocycles. The molecule has 1 aliphatic heterocycles. The van der Waals surface area contributed by atoms with Crippen LogP contribution in [0.1, 0.15) is 18.5 Å². The van der Waals surface area contributed by atoms with Gasteiger partial charge in [0.1, 0.15) is 12.4 Å². The fraction of sp³-hybridized carbons (Fsp3) is 0.312. The molecule has 3 N–H and O–H groups in total. The number of hydrogen-bond donors (Lipinski definition) is 3. The van der Waals surface area contributed by atoms with Crippen molar-refractivity contribution in [3.63, 3.8) is 0 Å². The van der Waals surface area contributed by atoms with E-state index < -0.39 is 12.0 Å². The summed E-state index contributed by atoms with van der Waals surface area (Å²) in [5.41, 5.74) is 1.34. The van der Waals surface area contributed by atoms with E-state index in [2.05, 4.69) is 15.4 Å². The summed E-state index contributed by atoms with van der Waals surface area (Å²) < 4.78 is 11.9. The zero-order valence-corrected chi connectivity index (χ0v) is 13.8. The second kappa shape index (κ2) is 6.81. The minimum atomic E-state index is -0.686. The van der Waals surface area contributed by atoms with Crippen molar-refractivity contribution in [1.29, 1.82) is 0 Å². The topological polar surface area (TPSA) is 119 Å². The van der Waals surface area contributed by atoms with Gasteiger partial charge in [-0.2, -0.15) is 10.1 Å². The predicted octanol–water partition coefficient (Wildman–Crippen LogP) is 1.17. The van der Waals surface area contributed by atoms with E-state index in [1.54, 1.807) is 13.0 Å². The summed E-state index contributed by atoms with van der Waals surface area (Å²) in [5, 5.41) is 26.6. The Morgan fingerprint density at radius 1 is 1.36 bits per heavy atom. The Hall–Kier alpha value is -3.07. The molecule has 2 aromatic rings. The molecular weight excluding hydrogens is 328 g/mol. The standard InChI is InChI=1S/C16H18N4O5/c1-3-25-15(23)13-10(7-24-2)19-16-17-8-18-20(16)14(13)9-4-5-11(21)12(22)6-9/h4-6,8,14,21-22H,3,7H2,1-2H3,(H,17,18,19). The Morgan fingerprint density at radius 2 is 2.16 bits per heavy atom. The van der Waals surface area contributed by atoms with Crippen LogP contribution >= 0.6 is 0 Å². The van der Waals surface area contributed by atoms with Gasteiger partial charge in [-0.15, -0.1) is 0 Å². The number of phenols is 2. The Kier molecular flexibility index (Phi) is 4.57. The molecule has 132 valence electrons. The second-order valence-electron chi connectivity index (χ2n) is 5.35. The third kappa shape index (κ3) is 3.01. The first-order chi connectivity index (χ1) is 12.1. The van der Waals surface area contributed by atoms with Crippen molar-refractivity contribution in [2.24, 2.45) is 0 Å². The number of benzene rings is 1. The van der Waals surface area contributed by atoms with Gasteiger partial charge in [-0.1, -0.05) is 6.07 Å². The highest BCUT2D eigenvalue weighted by Crippen LogP contribution is 2.38. The van der Waals surface area contributed by atoms with Crippen molar-refractivity contribution >= 4 is 11.9 Å². The van der Waals surface area contributed by atoms with Gasteiger partial charge in [0.15, 0.2) is 11.5 Å². The third-order valence-electron chi connectivity index (χ3n) is 3.78. The fourth-order valence-corrected chi connectivity index (χ4v) is 2.74. The highest BCUT2D eigenvalue weighted by atomic mass is 16.5. The van der Waals surface area contributed by atoms with Crippen LogP contribution in [0.15, 0.2) is 35.8 Å². The number of carbonyl (C=O) groups is 1. The van der Waals surface area contributed by atoms with Gasteiger partial charge < -0.3 is 25.0 Å². The molecule has 25 heavy (non-hydrogen) atoms. The lowest BCUT2D eigenvalue weighted by Gasteiger charge is -2.29. The molecule has 3 rings (SSSR count). The number of esters is 1. The smallest absolute Gasteiger partial charge is 0.338 e. The van der Waals surface area contributed by atoms with Crippen molar-refractivity contribution in [3.05, 3.63) is 41.4 Å². The van der Waals surface area contributed by atoms with E-state index in [1.165, 1.54) is 30.3 Å². The molecule has 1 aliphatic rings. The van der Waals surface area contributed by atoms with Gasteiger partial charge in [0, 0.05) is 7.11 Å². The molecule has 1 unspecified atom stereocenters. The summed E-state index contributed by atoms with van der Waals surface area (Å²) in [4.78, 5) is 16.7. The number of hydrogen-bond acceptors (Lipinski definition) is 8. The Bertz CT molecular complexity index is 830. The van der Waals surface area contributed by atoms with Gasteiger partial charge in [0.25, 0.3) is 0 Å². The number of phenolic OH excluding ortho intramolecular Hbond substituents is 2. The van der Waals surface area contributed by atoms with Gasteiger partial charge in [-0.3, -0.25) is 0 Å². The zero-order valence-electron chi connectivity index (χ0n) is 13.8. The largest absolute Gasteiger partial charge is 0.504 e. The minimum Gasteiger partial charge on any atom is -0.504 e. The normalized spacial score (nSPS) is 16.3. The molecule has 1 atom stereocenters. The van der Waals surface area contributed by atoms with Crippen molar-refractivity contribution in [2.45, 2.75) is 13.0 Å². The number of carbonyl (C=O) groups excluding carboxylic acids is 1. The summed E-state index contributed by atoms with van der Waals surface area (Å²) in [6, 6.07) is 3.64. The second-order valence-corrected chi connectivity index (χ2v) is 5.35. The van der Waals surface area contributed by atoms with Crippen molar-refractivity contribution in [1.82, 2.24) is 14.8 Å². The minimum absolute atomic E-state index is 0.140. The molecule has 0 radical (unpaired) electrons. The van der Waals surface area contributed by atoms with E-state index >= 15 is 0 Å². The number of fused-ring (bicyclic) bond motifs is 1. The number of aromatic hydroxyl groups is 2. The van der Waals surface area contributed by atoms with Crippen molar-refractivity contribution in [2.75, 3.05) is 25.6 Å². The first-order valence-electron chi connectivity index (χ1n) is 7.64. The molecule has 0 bridgehead atoms. The number of ether oxygens (including phenoxy) is 2. The third-order valence-corrected chi connectivity index (χ3v) is 3.78. The molecule has 0 aliphatic carbocycles. The van der Waals surface area contributed by atoms with E-state index in [-0.39, 0.29) is 24.7 Å². The highest BCUT2D eigenvalue weighted by Gasteiger charge is 2.35. The highest BCUT2D eigenvalue weighted by molar-refractivity contribution is 5.92. The summed E-state index contributed by atoms with van der Waals surface area (Å²) >= 11 is 0. The van der Waals surface area contributed by atoms with E-state index in [4.69, 9.17) is 9.47 Å². The summed E-state index contributed by atoms with van der Waals surface area (Å²) in [6.07, 6.45) is 1.36. The van der Waals surface area contributed by atoms with Crippen LogP contribution in [0, 0.1) is 0 Å². The van der Waals surface area contributed by atoms with Crippen LogP contribution in [-0.4, -0.2) is 51.3 Å². The average molecular weight is 346 g/mol. The monoisotopic (exact) mass is 346 g/mol. The SMILES string of the molecule is CCOC(=O)C1=C(COC)Nc2ncnn2C1c1ccc(O)c(O)c1. The zero-order chi connectivity index (χ0) is 18.0. The number of rotatable bonds is 5. The molecular formula is C16H18N4O5. The van der Waals surface area contributed by atoms with E-state index in [1.807, 2.05) is 0 Å². The van der Waals surface area contributed by atoms with Crippen LogP contribution in [-0.2, 0) is 14.3 Å². The number of methoxy groups -OCH3 is 1. The van der Waals surface area contributed by atoms with Crippen LogP contribution < -0.4 is 5.32 Å². The van der Waals surface area contributed by atoms with Gasteiger partial charge in [-0.25, -0.2) is 9.48 Å². The summed E-state index contributed by atoms with van der Waals surface area (Å²) in [7, 11) is 1.51. The molecule has 0 saturated heterocycles. The summed E-state index contributed by atoms with van der Waals surface area (Å²) in [5.74, 6) is -0.650. The average Bonchev–Trinajstić information content (AvgIpc) is 3.04. The number of aromatic nitrogens is 3. The number of nitrogens with one attached hydrogen (secondary N) is 1. The van der Waals surface area contributed by atoms with Gasteiger partial charge in [0.05, 0.1) is 24.5 Å². The van der Waals surface area contributed by atoms with Crippen molar-refractivity contribution < 1.29 is 24.5 Å². The predicted molar refractivity (Wildman–Crippen MR) is 87.1 cm³/mol. The van der Waals surface area contributed by atoms with Crippen LogP contribution in [0.5, 0.6) is 11.5 Å². The van der Waals surface area contributed by atoms with E-state index in [0.717, 1.165) is 0 Å². The lowest BCUT2D eigenvalue weighted by Crippen LogP contribution is -2.31. The molecule has 9 heteroatoms. The maximum atomic E-state index is 12.6. The van der Waals surface area contributed by atoms with Gasteiger partial charge in [0.2, 0.25) is 5.95 Å². The van der Waals surface area contributed by atoms with Crippen LogP contribution in [0.3, 0.4) is 0 Å². The molecule has 1 aromatic heterocycles. The number of anilines is 1. The Balaban J connectivity index is 2.18. The van der Waals surface area contributed by atoms with Crippen LogP contribution in [0.4, 0.5) is 5.95 Å². The summed E-state index contributed by atoms with van der Waals surface area (Å²) in [6.45, 7) is 2.06. The number of nitrogens with zero attached hydrogens (tertiary/aromatic N) is 3.